The number of hydrogen-bond donors (Lipinski definition) is 0. The molecular formula is C9H18BrN. The molecule has 0 aliphatic carbocycles. The van der Waals surface area contributed by atoms with Crippen LogP contribution < -0.4 is 17.0 Å². The Kier molecular flexibility index (Phi) is 8.26. The molecule has 0 fully saturated rings. The molecule has 0 aromatic carbocycles. The van der Waals surface area contributed by atoms with Gasteiger partial charge >= 0.3 is 0 Å². The van der Waals surface area contributed by atoms with Gasteiger partial charge in [-0.05, 0) is 0 Å². The first-order valence-corrected chi connectivity index (χ1v) is 3.82. The number of quaternary nitrogens is 1. The van der Waals surface area contributed by atoms with Gasteiger partial charge in [-0.2, -0.15) is 0 Å². The fraction of sp³-hybridized carbons (Fsp3) is 0.778. The lowest BCUT2D eigenvalue weighted by atomic mass is 10.3. The summed E-state index contributed by atoms with van der Waals surface area (Å²) in [6, 6.07) is 0. The van der Waals surface area contributed by atoms with E-state index in [2.05, 4.69) is 39.9 Å². The van der Waals surface area contributed by atoms with Gasteiger partial charge in [0.05, 0.1) is 34.1 Å². The van der Waals surface area contributed by atoms with Crippen molar-refractivity contribution in [2.24, 2.45) is 0 Å². The Bertz CT molecular complexity index is 136. The highest BCUT2D eigenvalue weighted by Crippen LogP contribution is 1.91. The van der Waals surface area contributed by atoms with Crippen molar-refractivity contribution in [3.8, 4) is 11.8 Å². The number of rotatable bonds is 2. The first-order valence-electron chi connectivity index (χ1n) is 3.82. The molecule has 0 rings (SSSR count). The molecule has 66 valence electrons. The van der Waals surface area contributed by atoms with Crippen LogP contribution in [0.25, 0.3) is 0 Å². The minimum absolute atomic E-state index is 0. The zero-order valence-corrected chi connectivity index (χ0v) is 9.53. The van der Waals surface area contributed by atoms with Gasteiger partial charge in [0.15, 0.2) is 0 Å². The second-order valence-corrected chi connectivity index (χ2v) is 3.47. The smallest absolute Gasteiger partial charge is 0.0891 e. The highest BCUT2D eigenvalue weighted by Gasteiger charge is 2.02. The van der Waals surface area contributed by atoms with Crippen LogP contribution in [0, 0.1) is 11.8 Å². The van der Waals surface area contributed by atoms with Gasteiger partial charge in [0.25, 0.3) is 0 Å². The van der Waals surface area contributed by atoms with Crippen LogP contribution in [0.2, 0.25) is 0 Å². The van der Waals surface area contributed by atoms with Crippen LogP contribution in [0.5, 0.6) is 0 Å². The van der Waals surface area contributed by atoms with E-state index in [1.807, 2.05) is 0 Å². The highest BCUT2D eigenvalue weighted by molar-refractivity contribution is 4.97. The Balaban J connectivity index is 0. The largest absolute Gasteiger partial charge is 1.00 e. The van der Waals surface area contributed by atoms with Gasteiger partial charge in [-0.25, -0.2) is 0 Å². The van der Waals surface area contributed by atoms with E-state index >= 15 is 0 Å². The molecule has 0 atom stereocenters. The zero-order chi connectivity index (χ0) is 8.04. The van der Waals surface area contributed by atoms with Crippen molar-refractivity contribution < 1.29 is 21.5 Å². The summed E-state index contributed by atoms with van der Waals surface area (Å²) in [5.41, 5.74) is 0. The summed E-state index contributed by atoms with van der Waals surface area (Å²) >= 11 is 0. The fourth-order valence-corrected chi connectivity index (χ4v) is 0.605. The topological polar surface area (TPSA) is 0 Å². The second kappa shape index (κ2) is 6.69. The van der Waals surface area contributed by atoms with E-state index in [4.69, 9.17) is 0 Å². The molecule has 11 heavy (non-hydrogen) atoms. The third-order valence-electron chi connectivity index (χ3n) is 1.21. The van der Waals surface area contributed by atoms with Crippen molar-refractivity contribution in [1.29, 1.82) is 0 Å². The number of halogens is 1. The fourth-order valence-electron chi connectivity index (χ4n) is 0.605. The molecule has 1 nitrogen and oxygen atoms in total. The van der Waals surface area contributed by atoms with Crippen LogP contribution in [0.4, 0.5) is 0 Å². The molecule has 0 bridgehead atoms. The van der Waals surface area contributed by atoms with E-state index in [1.54, 1.807) is 0 Å². The molecule has 0 saturated heterocycles. The van der Waals surface area contributed by atoms with Crippen molar-refractivity contribution in [3.05, 3.63) is 0 Å². The normalized spacial score (nSPS) is 9.45. The molecule has 0 aliphatic heterocycles. The molecule has 0 heterocycles. The lowest BCUT2D eigenvalue weighted by Gasteiger charge is -2.22. The predicted molar refractivity (Wildman–Crippen MR) is 45.6 cm³/mol. The van der Waals surface area contributed by atoms with Crippen LogP contribution in [0.15, 0.2) is 0 Å². The molecular weight excluding hydrogens is 202 g/mol. The first-order chi connectivity index (χ1) is 4.56. The van der Waals surface area contributed by atoms with E-state index in [0.29, 0.717) is 0 Å². The van der Waals surface area contributed by atoms with Gasteiger partial charge in [-0.1, -0.05) is 12.8 Å². The standard InChI is InChI=1S/C9H18N.BrH/c1-5-6-7-8-9-10(2,3)4;/h5,8-9H2,1-4H3;1H/q+1;/p-1. The van der Waals surface area contributed by atoms with Gasteiger partial charge in [0.2, 0.25) is 0 Å². The summed E-state index contributed by atoms with van der Waals surface area (Å²) < 4.78 is 1.01. The monoisotopic (exact) mass is 219 g/mol. The molecule has 0 aliphatic rings. The lowest BCUT2D eigenvalue weighted by molar-refractivity contribution is -0.869. The maximum absolute atomic E-state index is 3.13. The minimum Gasteiger partial charge on any atom is -1.00 e. The molecule has 2 heteroatoms. The molecule has 0 saturated carbocycles. The van der Waals surface area contributed by atoms with Gasteiger partial charge in [0, 0.05) is 6.42 Å². The summed E-state index contributed by atoms with van der Waals surface area (Å²) in [5.74, 6) is 6.19. The third kappa shape index (κ3) is 13.1. The van der Waals surface area contributed by atoms with Crippen molar-refractivity contribution in [2.45, 2.75) is 19.8 Å². The SMILES string of the molecule is CCC#CCC[N+](C)(C)C.[Br-]. The van der Waals surface area contributed by atoms with E-state index < -0.39 is 0 Å². The van der Waals surface area contributed by atoms with Crippen molar-refractivity contribution in [1.82, 2.24) is 0 Å². The maximum atomic E-state index is 3.13. The Hall–Kier alpha value is 0. The van der Waals surface area contributed by atoms with Gasteiger partial charge < -0.3 is 21.5 Å². The van der Waals surface area contributed by atoms with E-state index in [0.717, 1.165) is 23.9 Å². The van der Waals surface area contributed by atoms with Crippen LogP contribution in [0.3, 0.4) is 0 Å². The maximum Gasteiger partial charge on any atom is 0.0891 e. The summed E-state index contributed by atoms with van der Waals surface area (Å²) in [6.07, 6.45) is 2.01. The van der Waals surface area contributed by atoms with Crippen LogP contribution in [0.1, 0.15) is 19.8 Å². The lowest BCUT2D eigenvalue weighted by Crippen LogP contribution is -3.00. The summed E-state index contributed by atoms with van der Waals surface area (Å²) in [6.45, 7) is 3.23. The molecule has 0 aromatic rings. The minimum atomic E-state index is 0. The third-order valence-corrected chi connectivity index (χ3v) is 1.21. The number of nitrogens with zero attached hydrogens (tertiary/aromatic N) is 1. The van der Waals surface area contributed by atoms with E-state index in [1.165, 1.54) is 0 Å². The molecule has 0 aromatic heterocycles. The predicted octanol–water partition coefficient (Wildman–Crippen LogP) is -1.50. The van der Waals surface area contributed by atoms with Crippen molar-refractivity contribution in [3.63, 3.8) is 0 Å². The van der Waals surface area contributed by atoms with Gasteiger partial charge in [0.1, 0.15) is 0 Å². The van der Waals surface area contributed by atoms with Crippen LogP contribution >= 0.6 is 0 Å². The Morgan fingerprint density at radius 1 is 1.09 bits per heavy atom. The molecule has 0 amide bonds. The highest BCUT2D eigenvalue weighted by atomic mass is 79.9. The number of hydrogen-bond acceptors (Lipinski definition) is 0. The molecule has 0 N–H and O–H groups in total. The quantitative estimate of drug-likeness (QED) is 0.392. The van der Waals surface area contributed by atoms with E-state index in [-0.39, 0.29) is 17.0 Å². The molecule has 0 unspecified atom stereocenters. The average molecular weight is 220 g/mol. The second-order valence-electron chi connectivity index (χ2n) is 3.47. The van der Waals surface area contributed by atoms with Crippen LogP contribution in [-0.4, -0.2) is 32.2 Å². The Labute approximate surface area is 81.1 Å². The van der Waals surface area contributed by atoms with Crippen molar-refractivity contribution in [2.75, 3.05) is 27.7 Å². The van der Waals surface area contributed by atoms with Crippen LogP contribution in [-0.2, 0) is 0 Å². The summed E-state index contributed by atoms with van der Waals surface area (Å²) in [5, 5.41) is 0. The van der Waals surface area contributed by atoms with Gasteiger partial charge in [-0.15, -0.1) is 5.92 Å². The van der Waals surface area contributed by atoms with E-state index in [9.17, 15) is 0 Å². The summed E-state index contributed by atoms with van der Waals surface area (Å²) in [4.78, 5) is 0. The Morgan fingerprint density at radius 3 is 2.00 bits per heavy atom. The average Bonchev–Trinajstić information content (AvgIpc) is 1.78. The Morgan fingerprint density at radius 2 is 1.64 bits per heavy atom. The first kappa shape index (κ1) is 13.6. The zero-order valence-electron chi connectivity index (χ0n) is 7.95. The molecule has 0 spiro atoms. The summed E-state index contributed by atoms with van der Waals surface area (Å²) in [7, 11) is 6.56. The van der Waals surface area contributed by atoms with Gasteiger partial charge in [-0.3, -0.25) is 0 Å². The molecule has 0 radical (unpaired) electrons. The van der Waals surface area contributed by atoms with Crippen molar-refractivity contribution >= 4 is 0 Å².